The molecule has 8 heteroatoms. The minimum atomic E-state index is -3.96. The number of hydrogen-bond acceptors (Lipinski definition) is 5. The molecule has 0 radical (unpaired) electrons. The van der Waals surface area contributed by atoms with E-state index in [0.29, 0.717) is 17.6 Å². The molecule has 1 aromatic heterocycles. The number of aromatic nitrogens is 1. The van der Waals surface area contributed by atoms with Crippen LogP contribution in [-0.4, -0.2) is 32.5 Å². The molecule has 2 N–H and O–H groups in total. The molecule has 2 aromatic rings. The van der Waals surface area contributed by atoms with Crippen LogP contribution in [0.1, 0.15) is 36.0 Å². The molecule has 2 fully saturated rings. The molecular weight excluding hydrogens is 378 g/mol. The summed E-state index contributed by atoms with van der Waals surface area (Å²) in [6, 6.07) is 7.92. The second-order valence-corrected chi connectivity index (χ2v) is 9.12. The monoisotopic (exact) mass is 401 g/mol. The van der Waals surface area contributed by atoms with Crippen molar-refractivity contribution >= 4 is 21.6 Å². The van der Waals surface area contributed by atoms with Gasteiger partial charge >= 0.3 is 0 Å². The van der Waals surface area contributed by atoms with E-state index >= 15 is 0 Å². The molecule has 1 heterocycles. The van der Waals surface area contributed by atoms with Crippen molar-refractivity contribution in [3.63, 3.8) is 0 Å². The highest BCUT2D eigenvalue weighted by molar-refractivity contribution is 7.92. The molecule has 1 amide bonds. The van der Waals surface area contributed by atoms with Gasteiger partial charge in [-0.3, -0.25) is 14.5 Å². The molecule has 4 rings (SSSR count). The minimum Gasteiger partial charge on any atom is -0.495 e. The van der Waals surface area contributed by atoms with Gasteiger partial charge in [0.2, 0.25) is 0 Å². The lowest BCUT2D eigenvalue weighted by Crippen LogP contribution is -2.39. The summed E-state index contributed by atoms with van der Waals surface area (Å²) in [5.74, 6) is 1.29. The number of fused-ring (bicyclic) bond motifs is 2. The van der Waals surface area contributed by atoms with Gasteiger partial charge < -0.3 is 10.1 Å². The number of amides is 1. The predicted octanol–water partition coefficient (Wildman–Crippen LogP) is 2.81. The summed E-state index contributed by atoms with van der Waals surface area (Å²) in [5, 5.41) is 3.06. The third-order valence-corrected chi connectivity index (χ3v) is 7.12. The van der Waals surface area contributed by atoms with Crippen LogP contribution in [-0.2, 0) is 10.0 Å². The average molecular weight is 401 g/mol. The summed E-state index contributed by atoms with van der Waals surface area (Å²) in [5.41, 5.74) is 0.413. The van der Waals surface area contributed by atoms with Crippen LogP contribution in [0.4, 0.5) is 5.69 Å². The summed E-state index contributed by atoms with van der Waals surface area (Å²) in [6.45, 7) is 0. The molecule has 0 spiro atoms. The number of rotatable bonds is 6. The van der Waals surface area contributed by atoms with E-state index in [4.69, 9.17) is 4.74 Å². The van der Waals surface area contributed by atoms with Crippen LogP contribution in [0.3, 0.4) is 0 Å². The highest BCUT2D eigenvalue weighted by Crippen LogP contribution is 2.44. The Labute approximate surface area is 164 Å². The highest BCUT2D eigenvalue weighted by Gasteiger charge is 2.40. The topological polar surface area (TPSA) is 97.4 Å². The number of carbonyl (C=O) groups is 1. The first kappa shape index (κ1) is 18.7. The van der Waals surface area contributed by atoms with Gasteiger partial charge in [0.15, 0.2) is 0 Å². The van der Waals surface area contributed by atoms with Crippen LogP contribution >= 0.6 is 0 Å². The van der Waals surface area contributed by atoms with Crippen LogP contribution in [0.2, 0.25) is 0 Å². The van der Waals surface area contributed by atoms with Crippen LogP contribution in [0.15, 0.2) is 47.6 Å². The van der Waals surface area contributed by atoms with Gasteiger partial charge in [-0.25, -0.2) is 8.42 Å². The molecule has 3 unspecified atom stereocenters. The van der Waals surface area contributed by atoms with Gasteiger partial charge in [0.05, 0.1) is 30.8 Å². The Bertz CT molecular complexity index is 992. The van der Waals surface area contributed by atoms with Gasteiger partial charge in [-0.2, -0.15) is 0 Å². The van der Waals surface area contributed by atoms with Crippen LogP contribution < -0.4 is 14.8 Å². The largest absolute Gasteiger partial charge is 0.495 e. The lowest BCUT2D eigenvalue weighted by atomic mass is 9.95. The molecule has 3 atom stereocenters. The zero-order valence-corrected chi connectivity index (χ0v) is 16.4. The molecule has 148 valence electrons. The molecular formula is C20H23N3O4S. The van der Waals surface area contributed by atoms with Gasteiger partial charge in [0, 0.05) is 12.1 Å². The van der Waals surface area contributed by atoms with E-state index < -0.39 is 10.0 Å². The minimum absolute atomic E-state index is 0.0570. The Morgan fingerprint density at radius 2 is 2.00 bits per heavy atom. The molecule has 2 bridgehead atoms. The number of nitrogens with one attached hydrogen (secondary N) is 2. The van der Waals surface area contributed by atoms with E-state index in [1.165, 1.54) is 38.1 Å². The Kier molecular flexibility index (Phi) is 4.97. The first-order chi connectivity index (χ1) is 13.5. The summed E-state index contributed by atoms with van der Waals surface area (Å²) in [4.78, 5) is 16.8. The van der Waals surface area contributed by atoms with Crippen LogP contribution in [0.25, 0.3) is 0 Å². The van der Waals surface area contributed by atoms with E-state index in [1.54, 1.807) is 18.2 Å². The Balaban J connectivity index is 1.56. The van der Waals surface area contributed by atoms with E-state index in [0.717, 1.165) is 19.3 Å². The summed E-state index contributed by atoms with van der Waals surface area (Å²) in [7, 11) is -2.49. The van der Waals surface area contributed by atoms with Crippen molar-refractivity contribution < 1.29 is 17.9 Å². The normalized spacial score (nSPS) is 23.4. The Morgan fingerprint density at radius 1 is 1.18 bits per heavy atom. The fourth-order valence-electron chi connectivity index (χ4n) is 4.35. The molecule has 7 nitrogen and oxygen atoms in total. The van der Waals surface area contributed by atoms with Gasteiger partial charge in [0.25, 0.3) is 15.9 Å². The molecule has 2 saturated carbocycles. The second-order valence-electron chi connectivity index (χ2n) is 7.47. The van der Waals surface area contributed by atoms with Crippen molar-refractivity contribution in [3.8, 4) is 5.75 Å². The fraction of sp³-hybridized carbons (Fsp3) is 0.400. The van der Waals surface area contributed by atoms with Crippen molar-refractivity contribution in [1.29, 1.82) is 0 Å². The zero-order chi connectivity index (χ0) is 19.7. The fourth-order valence-corrected chi connectivity index (χ4v) is 5.59. The third-order valence-electron chi connectivity index (χ3n) is 5.68. The number of pyridine rings is 1. The second kappa shape index (κ2) is 7.43. The number of nitrogens with zero attached hydrogens (tertiary/aromatic N) is 1. The van der Waals surface area contributed by atoms with Gasteiger partial charge in [0.1, 0.15) is 10.6 Å². The van der Waals surface area contributed by atoms with Crippen LogP contribution in [0.5, 0.6) is 5.75 Å². The van der Waals surface area contributed by atoms with Crippen molar-refractivity contribution in [2.24, 2.45) is 11.8 Å². The maximum absolute atomic E-state index is 12.9. The lowest BCUT2D eigenvalue weighted by Gasteiger charge is -2.23. The number of benzene rings is 1. The SMILES string of the molecule is COc1cncc(NS(=O)(=O)c2ccccc2C(=O)NC2CC3CCC2C3)c1. The standard InChI is InChI=1S/C20H23N3O4S/c1-27-16-10-15(11-21-12-16)23-28(25,26)19-5-3-2-4-17(19)20(24)22-18-9-13-6-7-14(18)8-13/h2-5,10-14,18,23H,6-9H2,1H3,(H,22,24). The van der Waals surface area contributed by atoms with Gasteiger partial charge in [-0.1, -0.05) is 18.6 Å². The molecule has 1 aromatic carbocycles. The summed E-state index contributed by atoms with van der Waals surface area (Å²) < 4.78 is 33.4. The van der Waals surface area contributed by atoms with E-state index in [2.05, 4.69) is 15.0 Å². The number of anilines is 1. The van der Waals surface area contributed by atoms with Crippen molar-refractivity contribution in [3.05, 3.63) is 48.3 Å². The van der Waals surface area contributed by atoms with E-state index in [1.807, 2.05) is 0 Å². The highest BCUT2D eigenvalue weighted by atomic mass is 32.2. The number of sulfonamides is 1. The molecule has 2 aliphatic rings. The third kappa shape index (κ3) is 3.69. The van der Waals surface area contributed by atoms with Crippen LogP contribution in [0, 0.1) is 11.8 Å². The lowest BCUT2D eigenvalue weighted by molar-refractivity contribution is 0.0919. The van der Waals surface area contributed by atoms with Crippen molar-refractivity contribution in [1.82, 2.24) is 10.3 Å². The molecule has 2 aliphatic carbocycles. The number of carbonyl (C=O) groups excluding carboxylic acids is 1. The molecule has 28 heavy (non-hydrogen) atoms. The maximum atomic E-state index is 12.9. The molecule has 0 aliphatic heterocycles. The Morgan fingerprint density at radius 3 is 2.71 bits per heavy atom. The summed E-state index contributed by atoms with van der Waals surface area (Å²) in [6.07, 6.45) is 7.39. The maximum Gasteiger partial charge on any atom is 0.262 e. The number of hydrogen-bond donors (Lipinski definition) is 2. The first-order valence-electron chi connectivity index (χ1n) is 9.38. The predicted molar refractivity (Wildman–Crippen MR) is 105 cm³/mol. The molecule has 0 saturated heterocycles. The zero-order valence-electron chi connectivity index (χ0n) is 15.6. The van der Waals surface area contributed by atoms with Crippen molar-refractivity contribution in [2.75, 3.05) is 11.8 Å². The Hall–Kier alpha value is -2.61. The quantitative estimate of drug-likeness (QED) is 0.776. The summed E-state index contributed by atoms with van der Waals surface area (Å²) >= 11 is 0. The van der Waals surface area contributed by atoms with Gasteiger partial charge in [-0.05, 0) is 43.2 Å². The van der Waals surface area contributed by atoms with E-state index in [9.17, 15) is 13.2 Å². The smallest absolute Gasteiger partial charge is 0.262 e. The average Bonchev–Trinajstić information content (AvgIpc) is 3.31. The van der Waals surface area contributed by atoms with E-state index in [-0.39, 0.29) is 28.1 Å². The van der Waals surface area contributed by atoms with Crippen molar-refractivity contribution in [2.45, 2.75) is 36.6 Å². The van der Waals surface area contributed by atoms with Gasteiger partial charge in [-0.15, -0.1) is 0 Å². The first-order valence-corrected chi connectivity index (χ1v) is 10.9. The number of methoxy groups -OCH3 is 1. The number of ether oxygens (including phenoxy) is 1.